The summed E-state index contributed by atoms with van der Waals surface area (Å²) >= 11 is 0. The van der Waals surface area contributed by atoms with Crippen molar-refractivity contribution in [2.75, 3.05) is 0 Å². The summed E-state index contributed by atoms with van der Waals surface area (Å²) in [6.07, 6.45) is -0.998. The Bertz CT molecular complexity index is 689. The molecule has 13 heavy (non-hydrogen) atoms. The summed E-state index contributed by atoms with van der Waals surface area (Å²) in [6, 6.07) is -1.73. The topological polar surface area (TPSA) is 63.1 Å². The van der Waals surface area contributed by atoms with Gasteiger partial charge < -0.3 is 5.11 Å². The number of carbonyl (C=O) groups is 1. The number of hydrogen-bond donors (Lipinski definition) is 1. The molecule has 0 fully saturated rings. The molecule has 4 heteroatoms. The summed E-state index contributed by atoms with van der Waals surface area (Å²) in [5.41, 5.74) is -1.12. The minimum atomic E-state index is -1.51. The molecule has 0 aliphatic carbocycles. The molecule has 1 aromatic heterocycles. The zero-order chi connectivity index (χ0) is 13.6. The van der Waals surface area contributed by atoms with Gasteiger partial charge in [-0.05, 0) is 18.1 Å². The SMILES string of the molecule is [2H]c1nc2c([2H])c([2H])c(C(=O)O)c([2H])c2nc1[2H]. The molecule has 0 unspecified atom stereocenters. The lowest BCUT2D eigenvalue weighted by Crippen LogP contribution is -1.96. The van der Waals surface area contributed by atoms with Crippen molar-refractivity contribution in [1.29, 1.82) is 0 Å². The number of aromatic nitrogens is 2. The number of carboxylic acid groups (broad SMARTS) is 1. The largest absolute Gasteiger partial charge is 0.478 e. The maximum atomic E-state index is 10.9. The molecule has 1 aromatic carbocycles. The molecule has 1 heterocycles. The van der Waals surface area contributed by atoms with E-state index in [9.17, 15) is 4.79 Å². The summed E-state index contributed by atoms with van der Waals surface area (Å²) in [4.78, 5) is 18.1. The quantitative estimate of drug-likeness (QED) is 0.717. The first-order valence-corrected chi connectivity index (χ1v) is 3.32. The van der Waals surface area contributed by atoms with E-state index in [1.165, 1.54) is 0 Å². The zero-order valence-corrected chi connectivity index (χ0v) is 6.25. The third kappa shape index (κ3) is 1.33. The van der Waals surface area contributed by atoms with Crippen molar-refractivity contribution < 1.29 is 16.8 Å². The third-order valence-corrected chi connectivity index (χ3v) is 1.37. The smallest absolute Gasteiger partial charge is 0.335 e. The maximum absolute atomic E-state index is 10.9. The van der Waals surface area contributed by atoms with Gasteiger partial charge in [0, 0.05) is 12.3 Å². The van der Waals surface area contributed by atoms with Crippen LogP contribution in [0.25, 0.3) is 11.0 Å². The van der Waals surface area contributed by atoms with Gasteiger partial charge in [0.05, 0.1) is 23.5 Å². The Morgan fingerprint density at radius 3 is 2.69 bits per heavy atom. The molecular formula is C9H6N2O2. The fourth-order valence-electron chi connectivity index (χ4n) is 0.820. The molecule has 0 saturated carbocycles. The van der Waals surface area contributed by atoms with Crippen molar-refractivity contribution in [3.63, 3.8) is 0 Å². The summed E-state index contributed by atoms with van der Waals surface area (Å²) < 4.78 is 37.4. The van der Waals surface area contributed by atoms with Crippen molar-refractivity contribution in [2.45, 2.75) is 0 Å². The van der Waals surface area contributed by atoms with Gasteiger partial charge in [0.1, 0.15) is 0 Å². The van der Waals surface area contributed by atoms with Crippen LogP contribution < -0.4 is 0 Å². The second-order valence-electron chi connectivity index (χ2n) is 2.20. The van der Waals surface area contributed by atoms with Gasteiger partial charge in [0.15, 0.2) is 0 Å². The monoisotopic (exact) mass is 179 g/mol. The highest BCUT2D eigenvalue weighted by atomic mass is 16.4. The van der Waals surface area contributed by atoms with Crippen molar-refractivity contribution >= 4 is 17.0 Å². The second kappa shape index (κ2) is 2.82. The van der Waals surface area contributed by atoms with Crippen LogP contribution in [0.5, 0.6) is 0 Å². The van der Waals surface area contributed by atoms with Crippen molar-refractivity contribution in [3.05, 3.63) is 36.0 Å². The van der Waals surface area contributed by atoms with E-state index in [-0.39, 0.29) is 11.0 Å². The van der Waals surface area contributed by atoms with Crippen LogP contribution in [0.2, 0.25) is 0 Å². The molecule has 0 amide bonds. The zero-order valence-electron chi connectivity index (χ0n) is 11.2. The van der Waals surface area contributed by atoms with Gasteiger partial charge in [-0.1, -0.05) is 0 Å². The van der Waals surface area contributed by atoms with E-state index in [4.69, 9.17) is 12.0 Å². The third-order valence-electron chi connectivity index (χ3n) is 1.37. The van der Waals surface area contributed by atoms with E-state index in [1.807, 2.05) is 0 Å². The van der Waals surface area contributed by atoms with Crippen LogP contribution in [-0.2, 0) is 0 Å². The number of nitrogens with zero attached hydrogens (tertiary/aromatic N) is 2. The number of benzene rings is 1. The molecule has 2 aromatic rings. The first kappa shape index (κ1) is 3.83. The molecule has 0 saturated heterocycles. The van der Waals surface area contributed by atoms with Crippen LogP contribution in [0.15, 0.2) is 30.5 Å². The first-order chi connectivity index (χ1) is 8.34. The highest BCUT2D eigenvalue weighted by molar-refractivity contribution is 5.91. The van der Waals surface area contributed by atoms with E-state index in [0.717, 1.165) is 0 Å². The lowest BCUT2D eigenvalue weighted by Gasteiger charge is -1.96. The van der Waals surface area contributed by atoms with Gasteiger partial charge in [0.25, 0.3) is 0 Å². The molecular weight excluding hydrogens is 168 g/mol. The Morgan fingerprint density at radius 2 is 2.00 bits per heavy atom. The van der Waals surface area contributed by atoms with E-state index in [2.05, 4.69) is 9.97 Å². The van der Waals surface area contributed by atoms with E-state index in [1.54, 1.807) is 0 Å². The van der Waals surface area contributed by atoms with Crippen LogP contribution in [0, 0.1) is 0 Å². The normalized spacial score (nSPS) is 15.5. The molecule has 0 aliphatic heterocycles. The standard InChI is InChI=1S/C9H6N2O2/c12-9(13)6-1-2-7-8(5-6)11-4-3-10-7/h1-5H,(H,12,13)/i1D,2D,3D,4D,5D. The van der Waals surface area contributed by atoms with Crippen LogP contribution in [0.4, 0.5) is 0 Å². The van der Waals surface area contributed by atoms with Crippen LogP contribution in [0.3, 0.4) is 0 Å². The molecule has 0 aliphatic rings. The van der Waals surface area contributed by atoms with Crippen LogP contribution in [0.1, 0.15) is 17.2 Å². The van der Waals surface area contributed by atoms with Crippen molar-refractivity contribution in [1.82, 2.24) is 9.97 Å². The summed E-state index contributed by atoms with van der Waals surface area (Å²) in [7, 11) is 0. The molecule has 4 nitrogen and oxygen atoms in total. The Labute approximate surface area is 80.9 Å². The average molecular weight is 179 g/mol. The van der Waals surface area contributed by atoms with E-state index < -0.39 is 42.0 Å². The Kier molecular flexibility index (Phi) is 0.830. The fraction of sp³-hybridized carbons (Fsp3) is 0. The average Bonchev–Trinajstić information content (AvgIpc) is 2.29. The minimum Gasteiger partial charge on any atom is -0.478 e. The molecule has 2 rings (SSSR count). The van der Waals surface area contributed by atoms with Gasteiger partial charge in [-0.3, -0.25) is 9.97 Å². The lowest BCUT2D eigenvalue weighted by molar-refractivity contribution is 0.0697. The first-order valence-electron chi connectivity index (χ1n) is 5.82. The fourth-order valence-corrected chi connectivity index (χ4v) is 0.820. The molecule has 0 atom stereocenters. The second-order valence-corrected chi connectivity index (χ2v) is 2.20. The van der Waals surface area contributed by atoms with E-state index >= 15 is 0 Å². The van der Waals surface area contributed by atoms with Gasteiger partial charge in [-0.15, -0.1) is 0 Å². The van der Waals surface area contributed by atoms with Crippen LogP contribution in [-0.4, -0.2) is 21.0 Å². The van der Waals surface area contributed by atoms with Gasteiger partial charge >= 0.3 is 5.97 Å². The van der Waals surface area contributed by atoms with Crippen molar-refractivity contribution in [3.8, 4) is 0 Å². The Balaban J connectivity index is 3.03. The summed E-state index contributed by atoms with van der Waals surface area (Å²) in [5, 5.41) is 8.90. The van der Waals surface area contributed by atoms with E-state index in [0.29, 0.717) is 0 Å². The van der Waals surface area contributed by atoms with Crippen molar-refractivity contribution in [2.24, 2.45) is 0 Å². The summed E-state index contributed by atoms with van der Waals surface area (Å²) in [5.74, 6) is -1.51. The van der Waals surface area contributed by atoms with Gasteiger partial charge in [0.2, 0.25) is 0 Å². The van der Waals surface area contributed by atoms with Gasteiger partial charge in [-0.2, -0.15) is 0 Å². The molecule has 0 spiro atoms. The van der Waals surface area contributed by atoms with Crippen LogP contribution >= 0.6 is 0 Å². The highest BCUT2D eigenvalue weighted by Crippen LogP contribution is 2.10. The predicted molar refractivity (Wildman–Crippen MR) is 46.5 cm³/mol. The molecule has 1 N–H and O–H groups in total. The highest BCUT2D eigenvalue weighted by Gasteiger charge is 2.03. The van der Waals surface area contributed by atoms with Gasteiger partial charge in [-0.25, -0.2) is 4.79 Å². The summed E-state index contributed by atoms with van der Waals surface area (Å²) in [6.45, 7) is 0. The predicted octanol–water partition coefficient (Wildman–Crippen LogP) is 1.33. The Hall–Kier alpha value is -1.97. The molecule has 0 bridgehead atoms. The number of fused-ring (bicyclic) bond motifs is 1. The molecule has 64 valence electrons. The number of aromatic carboxylic acids is 1. The maximum Gasteiger partial charge on any atom is 0.335 e. The number of rotatable bonds is 1. The molecule has 0 radical (unpaired) electrons. The number of carboxylic acids is 1. The lowest BCUT2D eigenvalue weighted by atomic mass is 10.2. The number of hydrogen-bond acceptors (Lipinski definition) is 3. The Morgan fingerprint density at radius 1 is 1.31 bits per heavy atom. The minimum absolute atomic E-state index is 0.212.